The highest BCUT2D eigenvalue weighted by Gasteiger charge is 2.09. The van der Waals surface area contributed by atoms with Gasteiger partial charge in [0.2, 0.25) is 0 Å². The molecule has 0 aliphatic carbocycles. The van der Waals surface area contributed by atoms with Crippen LogP contribution in [0.25, 0.3) is 0 Å². The molecule has 1 aromatic heterocycles. The van der Waals surface area contributed by atoms with Crippen LogP contribution in [0.2, 0.25) is 0 Å². The lowest BCUT2D eigenvalue weighted by Crippen LogP contribution is -2.26. The molecule has 0 unspecified atom stereocenters. The monoisotopic (exact) mass is 409 g/mol. The van der Waals surface area contributed by atoms with Gasteiger partial charge in [-0.25, -0.2) is 10.2 Å². The summed E-state index contributed by atoms with van der Waals surface area (Å²) >= 11 is 1.32. The van der Waals surface area contributed by atoms with E-state index in [4.69, 9.17) is 9.47 Å². The summed E-state index contributed by atoms with van der Waals surface area (Å²) in [5, 5.41) is 8.73. The standard InChI is InChI=1S/C21H19N3O4S/c1-27-18-6-3-2-5-17(18)22-14-20(25)24-23-13-15-8-10-16(11-9-15)28-21(26)19-7-4-12-29-19/h2-13,22H,14H2,1H3,(H,24,25). The maximum atomic E-state index is 11.9. The average Bonchev–Trinajstić information content (AvgIpc) is 3.29. The molecule has 8 heteroatoms. The Bertz CT molecular complexity index is 985. The van der Waals surface area contributed by atoms with Crippen LogP contribution in [0.5, 0.6) is 11.5 Å². The van der Waals surface area contributed by atoms with Crippen molar-refractivity contribution in [3.8, 4) is 11.5 Å². The van der Waals surface area contributed by atoms with Gasteiger partial charge in [-0.15, -0.1) is 11.3 Å². The molecular weight excluding hydrogens is 390 g/mol. The number of hydrogen-bond acceptors (Lipinski definition) is 7. The number of carbonyl (C=O) groups excluding carboxylic acids is 2. The molecule has 0 atom stereocenters. The summed E-state index contributed by atoms with van der Waals surface area (Å²) < 4.78 is 10.5. The van der Waals surface area contributed by atoms with Gasteiger partial charge in [-0.3, -0.25) is 4.79 Å². The molecule has 1 amide bonds. The summed E-state index contributed by atoms with van der Waals surface area (Å²) in [4.78, 5) is 24.4. The van der Waals surface area contributed by atoms with Crippen LogP contribution in [0.1, 0.15) is 15.2 Å². The first-order valence-corrected chi connectivity index (χ1v) is 9.58. The van der Waals surface area contributed by atoms with Crippen molar-refractivity contribution in [2.45, 2.75) is 0 Å². The van der Waals surface area contributed by atoms with E-state index < -0.39 is 5.97 Å². The minimum Gasteiger partial charge on any atom is -0.495 e. The van der Waals surface area contributed by atoms with E-state index in [1.807, 2.05) is 23.6 Å². The maximum absolute atomic E-state index is 11.9. The summed E-state index contributed by atoms with van der Waals surface area (Å²) in [5.41, 5.74) is 3.92. The quantitative estimate of drug-likeness (QED) is 0.257. The van der Waals surface area contributed by atoms with Crippen LogP contribution < -0.4 is 20.2 Å². The number of thiophene rings is 1. The molecule has 0 radical (unpaired) electrons. The largest absolute Gasteiger partial charge is 0.495 e. The molecule has 0 aliphatic rings. The number of carbonyl (C=O) groups is 2. The highest BCUT2D eigenvalue weighted by molar-refractivity contribution is 7.12. The third kappa shape index (κ3) is 5.91. The number of amides is 1. The molecule has 0 fully saturated rings. The number of ether oxygens (including phenoxy) is 2. The van der Waals surface area contributed by atoms with Crippen molar-refractivity contribution in [3.63, 3.8) is 0 Å². The summed E-state index contributed by atoms with van der Waals surface area (Å²) in [6.07, 6.45) is 1.51. The van der Waals surface area contributed by atoms with Crippen LogP contribution in [0.15, 0.2) is 71.1 Å². The topological polar surface area (TPSA) is 89.0 Å². The van der Waals surface area contributed by atoms with Crippen molar-refractivity contribution in [2.24, 2.45) is 5.10 Å². The Balaban J connectivity index is 1.46. The molecule has 2 aromatic carbocycles. The molecule has 3 rings (SSSR count). The molecule has 3 aromatic rings. The molecule has 2 N–H and O–H groups in total. The van der Waals surface area contributed by atoms with Gasteiger partial charge in [0.25, 0.3) is 5.91 Å². The molecule has 1 heterocycles. The highest BCUT2D eigenvalue weighted by Crippen LogP contribution is 2.22. The van der Waals surface area contributed by atoms with Gasteiger partial charge in [-0.2, -0.15) is 5.10 Å². The number of nitrogens with zero attached hydrogens (tertiary/aromatic N) is 1. The SMILES string of the molecule is COc1ccccc1NCC(=O)NN=Cc1ccc(OC(=O)c2cccs2)cc1. The highest BCUT2D eigenvalue weighted by atomic mass is 32.1. The Hall–Kier alpha value is -3.65. The minimum atomic E-state index is -0.392. The zero-order valence-corrected chi connectivity index (χ0v) is 16.4. The van der Waals surface area contributed by atoms with Gasteiger partial charge in [0, 0.05) is 0 Å². The van der Waals surface area contributed by atoms with Crippen LogP contribution in [0, 0.1) is 0 Å². The van der Waals surface area contributed by atoms with E-state index in [-0.39, 0.29) is 12.5 Å². The Labute approximate surface area is 172 Å². The predicted molar refractivity (Wildman–Crippen MR) is 113 cm³/mol. The number of nitrogens with one attached hydrogen (secondary N) is 2. The van der Waals surface area contributed by atoms with Gasteiger partial charge in [-0.05, 0) is 53.4 Å². The van der Waals surface area contributed by atoms with Crippen molar-refractivity contribution in [3.05, 3.63) is 76.5 Å². The fourth-order valence-corrected chi connectivity index (χ4v) is 2.96. The molecule has 0 saturated heterocycles. The van der Waals surface area contributed by atoms with Gasteiger partial charge in [0.15, 0.2) is 0 Å². The smallest absolute Gasteiger partial charge is 0.353 e. The lowest BCUT2D eigenvalue weighted by Gasteiger charge is -2.09. The number of methoxy groups -OCH3 is 1. The lowest BCUT2D eigenvalue weighted by molar-refractivity contribution is -0.119. The van der Waals surface area contributed by atoms with Crippen molar-refractivity contribution in [2.75, 3.05) is 19.0 Å². The molecule has 0 aliphatic heterocycles. The fourth-order valence-electron chi connectivity index (χ4n) is 2.36. The molecule has 148 valence electrons. The van der Waals surface area contributed by atoms with Gasteiger partial charge in [0.05, 0.1) is 25.6 Å². The normalized spacial score (nSPS) is 10.5. The number of esters is 1. The number of anilines is 1. The summed E-state index contributed by atoms with van der Waals surface area (Å²) in [5.74, 6) is 0.402. The Morgan fingerprint density at radius 3 is 2.59 bits per heavy atom. The van der Waals surface area contributed by atoms with Crippen LogP contribution in [-0.2, 0) is 4.79 Å². The van der Waals surface area contributed by atoms with Crippen molar-refractivity contribution >= 4 is 35.1 Å². The van der Waals surface area contributed by atoms with E-state index in [0.717, 1.165) is 11.3 Å². The predicted octanol–water partition coefficient (Wildman–Crippen LogP) is 3.54. The number of hydrazone groups is 1. The summed E-state index contributed by atoms with van der Waals surface area (Å²) in [6, 6.07) is 17.6. The average molecular weight is 409 g/mol. The Kier molecular flexibility index (Phi) is 6.96. The van der Waals surface area contributed by atoms with Gasteiger partial charge >= 0.3 is 5.97 Å². The zero-order chi connectivity index (χ0) is 20.5. The third-order valence-corrected chi connectivity index (χ3v) is 4.61. The molecule has 29 heavy (non-hydrogen) atoms. The van der Waals surface area contributed by atoms with E-state index in [0.29, 0.717) is 16.4 Å². The fraction of sp³-hybridized carbons (Fsp3) is 0.0952. The minimum absolute atomic E-state index is 0.0509. The van der Waals surface area contributed by atoms with Gasteiger partial charge in [-0.1, -0.05) is 18.2 Å². The van der Waals surface area contributed by atoms with E-state index in [1.165, 1.54) is 17.6 Å². The van der Waals surface area contributed by atoms with Crippen molar-refractivity contribution < 1.29 is 19.1 Å². The van der Waals surface area contributed by atoms with Crippen molar-refractivity contribution in [1.82, 2.24) is 5.43 Å². The maximum Gasteiger partial charge on any atom is 0.353 e. The second-order valence-corrected chi connectivity index (χ2v) is 6.73. The summed E-state index contributed by atoms with van der Waals surface area (Å²) in [6.45, 7) is 0.0509. The number of benzene rings is 2. The second-order valence-electron chi connectivity index (χ2n) is 5.78. The van der Waals surface area contributed by atoms with E-state index in [9.17, 15) is 9.59 Å². The summed E-state index contributed by atoms with van der Waals surface area (Å²) in [7, 11) is 1.57. The van der Waals surface area contributed by atoms with Crippen LogP contribution >= 0.6 is 11.3 Å². The number of para-hydroxylation sites is 2. The van der Waals surface area contributed by atoms with Crippen LogP contribution in [-0.4, -0.2) is 31.7 Å². The Morgan fingerprint density at radius 1 is 1.07 bits per heavy atom. The first kappa shape index (κ1) is 20.1. The number of rotatable bonds is 8. The molecule has 0 saturated carbocycles. The molecule has 0 spiro atoms. The molecule has 7 nitrogen and oxygen atoms in total. The van der Waals surface area contributed by atoms with Gasteiger partial charge in [0.1, 0.15) is 16.4 Å². The zero-order valence-electron chi connectivity index (χ0n) is 15.6. The third-order valence-electron chi connectivity index (χ3n) is 3.76. The molecule has 0 bridgehead atoms. The van der Waals surface area contributed by atoms with E-state index in [2.05, 4.69) is 15.8 Å². The van der Waals surface area contributed by atoms with Crippen LogP contribution in [0.4, 0.5) is 5.69 Å². The second kappa shape index (κ2) is 10.0. The molecular formula is C21H19N3O4S. The van der Waals surface area contributed by atoms with Crippen molar-refractivity contribution in [1.29, 1.82) is 0 Å². The Morgan fingerprint density at radius 2 is 1.86 bits per heavy atom. The van der Waals surface area contributed by atoms with Crippen LogP contribution in [0.3, 0.4) is 0 Å². The first-order chi connectivity index (χ1) is 14.2. The lowest BCUT2D eigenvalue weighted by atomic mass is 10.2. The number of hydrogen-bond donors (Lipinski definition) is 2. The first-order valence-electron chi connectivity index (χ1n) is 8.70. The van der Waals surface area contributed by atoms with E-state index >= 15 is 0 Å². The van der Waals surface area contributed by atoms with E-state index in [1.54, 1.807) is 49.6 Å². The van der Waals surface area contributed by atoms with Gasteiger partial charge < -0.3 is 14.8 Å².